The summed E-state index contributed by atoms with van der Waals surface area (Å²) in [5, 5.41) is 3.28. The van der Waals surface area contributed by atoms with Gasteiger partial charge in [0, 0.05) is 18.1 Å². The maximum Gasteiger partial charge on any atom is 0.244 e. The quantitative estimate of drug-likeness (QED) is 0.477. The third-order valence-electron chi connectivity index (χ3n) is 5.79. The van der Waals surface area contributed by atoms with E-state index in [-0.39, 0.29) is 18.4 Å². The highest BCUT2D eigenvalue weighted by atomic mass is 35.5. The van der Waals surface area contributed by atoms with Crippen molar-refractivity contribution in [2.45, 2.75) is 53.6 Å². The molecule has 2 amide bonds. The third kappa shape index (κ3) is 7.97. The molecule has 0 unspecified atom stereocenters. The Balaban J connectivity index is 2.48. The van der Waals surface area contributed by atoms with E-state index in [9.17, 15) is 18.0 Å². The Kier molecular flexibility index (Phi) is 10.2. The minimum absolute atomic E-state index is 0.186. The van der Waals surface area contributed by atoms with Gasteiger partial charge in [0.15, 0.2) is 0 Å². The van der Waals surface area contributed by atoms with Gasteiger partial charge in [-0.05, 0) is 55.0 Å². The van der Waals surface area contributed by atoms with Crippen LogP contribution >= 0.6 is 11.6 Å². The van der Waals surface area contributed by atoms with Crippen LogP contribution in [0, 0.1) is 19.8 Å². The predicted molar refractivity (Wildman–Crippen MR) is 142 cm³/mol. The van der Waals surface area contributed by atoms with Gasteiger partial charge >= 0.3 is 0 Å². The fraction of sp³-hybridized carbons (Fsp3) is 0.462. The number of aryl methyl sites for hydroxylation is 2. The number of anilines is 1. The summed E-state index contributed by atoms with van der Waals surface area (Å²) in [5.41, 5.74) is 2.87. The summed E-state index contributed by atoms with van der Waals surface area (Å²) in [6.45, 7) is 9.75. The van der Waals surface area contributed by atoms with E-state index in [1.807, 2.05) is 52.0 Å². The molecule has 0 aliphatic rings. The van der Waals surface area contributed by atoms with Gasteiger partial charge in [-0.3, -0.25) is 13.9 Å². The van der Waals surface area contributed by atoms with Crippen molar-refractivity contribution in [3.63, 3.8) is 0 Å². The first-order valence-electron chi connectivity index (χ1n) is 11.7. The zero-order valence-corrected chi connectivity index (χ0v) is 22.9. The van der Waals surface area contributed by atoms with Crippen molar-refractivity contribution < 1.29 is 18.0 Å². The van der Waals surface area contributed by atoms with Crippen LogP contribution < -0.4 is 9.62 Å². The van der Waals surface area contributed by atoms with Crippen LogP contribution in [0.5, 0.6) is 0 Å². The number of halogens is 1. The number of amides is 2. The van der Waals surface area contributed by atoms with Crippen LogP contribution in [0.1, 0.15) is 43.9 Å². The van der Waals surface area contributed by atoms with Crippen molar-refractivity contribution in [1.82, 2.24) is 10.2 Å². The van der Waals surface area contributed by atoms with Crippen LogP contribution in [0.4, 0.5) is 5.69 Å². The topological polar surface area (TPSA) is 86.8 Å². The summed E-state index contributed by atoms with van der Waals surface area (Å²) >= 11 is 6.14. The minimum Gasteiger partial charge on any atom is -0.354 e. The zero-order valence-electron chi connectivity index (χ0n) is 21.3. The zero-order chi connectivity index (χ0) is 26.3. The van der Waals surface area contributed by atoms with Crippen LogP contribution in [-0.4, -0.2) is 50.5 Å². The highest BCUT2D eigenvalue weighted by molar-refractivity contribution is 7.92. The molecule has 1 N–H and O–H groups in total. The first kappa shape index (κ1) is 28.7. The van der Waals surface area contributed by atoms with Gasteiger partial charge in [0.25, 0.3) is 0 Å². The number of hydrogen-bond donors (Lipinski definition) is 1. The molecule has 0 heterocycles. The van der Waals surface area contributed by atoms with Gasteiger partial charge in [0.2, 0.25) is 21.8 Å². The molecule has 1 atom stereocenters. The first-order valence-corrected chi connectivity index (χ1v) is 13.9. The second-order valence-corrected chi connectivity index (χ2v) is 11.6. The number of benzene rings is 2. The van der Waals surface area contributed by atoms with Gasteiger partial charge in [-0.1, -0.05) is 62.7 Å². The Morgan fingerprint density at radius 3 is 2.29 bits per heavy atom. The van der Waals surface area contributed by atoms with Crippen LogP contribution in [0.3, 0.4) is 0 Å². The van der Waals surface area contributed by atoms with Gasteiger partial charge in [0.1, 0.15) is 12.6 Å². The number of rotatable bonds is 11. The summed E-state index contributed by atoms with van der Waals surface area (Å²) < 4.78 is 26.6. The molecule has 0 bridgehead atoms. The molecule has 2 aromatic rings. The van der Waals surface area contributed by atoms with Crippen molar-refractivity contribution >= 4 is 39.1 Å². The molecule has 2 aromatic carbocycles. The Labute approximate surface area is 214 Å². The number of carbonyl (C=O) groups excluding carboxylic acids is 2. The lowest BCUT2D eigenvalue weighted by Crippen LogP contribution is -2.52. The molecule has 0 fully saturated rings. The van der Waals surface area contributed by atoms with Crippen LogP contribution in [0.25, 0.3) is 0 Å². The second-order valence-electron chi connectivity index (χ2n) is 9.21. The number of nitrogens with zero attached hydrogens (tertiary/aromatic N) is 2. The van der Waals surface area contributed by atoms with Crippen molar-refractivity contribution in [1.29, 1.82) is 0 Å². The maximum absolute atomic E-state index is 13.7. The third-order valence-corrected chi connectivity index (χ3v) is 7.15. The van der Waals surface area contributed by atoms with Crippen LogP contribution in [0.15, 0.2) is 42.5 Å². The van der Waals surface area contributed by atoms with Gasteiger partial charge in [-0.25, -0.2) is 8.42 Å². The highest BCUT2D eigenvalue weighted by Gasteiger charge is 2.32. The van der Waals surface area contributed by atoms with Crippen molar-refractivity contribution in [2.75, 3.05) is 23.7 Å². The van der Waals surface area contributed by atoms with Crippen molar-refractivity contribution in [3.05, 3.63) is 64.2 Å². The van der Waals surface area contributed by atoms with Crippen LogP contribution in [0.2, 0.25) is 5.02 Å². The molecule has 0 aliphatic carbocycles. The number of hydrogen-bond acceptors (Lipinski definition) is 4. The van der Waals surface area contributed by atoms with E-state index < -0.39 is 28.5 Å². The molecular formula is C26H36ClN3O4S. The number of sulfonamides is 1. The van der Waals surface area contributed by atoms with Crippen molar-refractivity contribution in [3.8, 4) is 0 Å². The number of nitrogens with one attached hydrogen (secondary N) is 1. The smallest absolute Gasteiger partial charge is 0.244 e. The molecule has 0 saturated carbocycles. The standard InChI is InChI=1S/C26H36ClN3O4S/c1-7-23(26(32)28-15-18(2)3)29(16-21-11-9-8-10-19(21)4)25(31)17-30(35(6,33)34)24-14-22(27)13-12-20(24)5/h8-14,18,23H,7,15-17H2,1-6H3,(H,28,32)/t23-/m1/s1. The van der Waals surface area contributed by atoms with E-state index in [2.05, 4.69) is 5.32 Å². The average molecular weight is 522 g/mol. The molecule has 35 heavy (non-hydrogen) atoms. The van der Waals surface area contributed by atoms with Gasteiger partial charge in [0.05, 0.1) is 11.9 Å². The number of carbonyl (C=O) groups is 2. The second kappa shape index (κ2) is 12.4. The largest absolute Gasteiger partial charge is 0.354 e. The Morgan fingerprint density at radius 2 is 1.71 bits per heavy atom. The normalized spacial score (nSPS) is 12.3. The van der Waals surface area contributed by atoms with E-state index in [1.54, 1.807) is 19.1 Å². The monoisotopic (exact) mass is 521 g/mol. The van der Waals surface area contributed by atoms with Crippen LogP contribution in [-0.2, 0) is 26.2 Å². The summed E-state index contributed by atoms with van der Waals surface area (Å²) in [4.78, 5) is 28.3. The maximum atomic E-state index is 13.7. The predicted octanol–water partition coefficient (Wildman–Crippen LogP) is 4.30. The summed E-state index contributed by atoms with van der Waals surface area (Å²) in [6, 6.07) is 11.8. The molecule has 0 saturated heterocycles. The Bertz CT molecular complexity index is 1150. The lowest BCUT2D eigenvalue weighted by Gasteiger charge is -2.33. The van der Waals surface area contributed by atoms with Gasteiger partial charge < -0.3 is 10.2 Å². The SMILES string of the molecule is CC[C@H](C(=O)NCC(C)C)N(Cc1ccccc1C)C(=O)CN(c1cc(Cl)ccc1C)S(C)(=O)=O. The molecule has 0 aliphatic heterocycles. The molecule has 9 heteroatoms. The molecule has 0 aromatic heterocycles. The van der Waals surface area contributed by atoms with E-state index in [0.29, 0.717) is 29.2 Å². The van der Waals surface area contributed by atoms with Crippen molar-refractivity contribution in [2.24, 2.45) is 5.92 Å². The molecular weight excluding hydrogens is 486 g/mol. The van der Waals surface area contributed by atoms with E-state index in [1.165, 1.54) is 11.0 Å². The summed E-state index contributed by atoms with van der Waals surface area (Å²) in [6.07, 6.45) is 1.44. The summed E-state index contributed by atoms with van der Waals surface area (Å²) in [7, 11) is -3.81. The van der Waals surface area contributed by atoms with E-state index in [4.69, 9.17) is 11.6 Å². The summed E-state index contributed by atoms with van der Waals surface area (Å²) in [5.74, 6) is -0.471. The lowest BCUT2D eigenvalue weighted by atomic mass is 10.1. The Hall–Kier alpha value is -2.58. The first-order chi connectivity index (χ1) is 16.3. The molecule has 0 spiro atoms. The van der Waals surface area contributed by atoms with E-state index >= 15 is 0 Å². The fourth-order valence-corrected chi connectivity index (χ4v) is 4.82. The van der Waals surface area contributed by atoms with Gasteiger partial charge in [-0.15, -0.1) is 0 Å². The fourth-order valence-electron chi connectivity index (χ4n) is 3.76. The Morgan fingerprint density at radius 1 is 1.06 bits per heavy atom. The molecule has 192 valence electrons. The highest BCUT2D eigenvalue weighted by Crippen LogP contribution is 2.27. The van der Waals surface area contributed by atoms with Gasteiger partial charge in [-0.2, -0.15) is 0 Å². The minimum atomic E-state index is -3.81. The molecule has 7 nitrogen and oxygen atoms in total. The molecule has 0 radical (unpaired) electrons. The lowest BCUT2D eigenvalue weighted by molar-refractivity contribution is -0.140. The van der Waals surface area contributed by atoms with E-state index in [0.717, 1.165) is 21.7 Å². The molecule has 2 rings (SSSR count). The average Bonchev–Trinajstić information content (AvgIpc) is 2.78.